The number of fused-ring (bicyclic) bond motifs is 3. The summed E-state index contributed by atoms with van der Waals surface area (Å²) in [5.74, 6) is -0.359. The lowest BCUT2D eigenvalue weighted by molar-refractivity contribution is 0.0684. The Kier molecular flexibility index (Phi) is 9.21. The summed E-state index contributed by atoms with van der Waals surface area (Å²) in [4.78, 5) is 36.9. The molecule has 11 nitrogen and oxygen atoms in total. The minimum absolute atomic E-state index is 0.112. The zero-order valence-electron chi connectivity index (χ0n) is 27.1. The SMILES string of the molecule is Cc1c(C(=O)O)n(CCCOc2cc(SCc3cc(C=O)nn3C)cc3cc(F)ccc23)c2ccc(Cl)c(-c3c(C=O)nn4c3COCC4)c12. The number of aromatic carboxylic acids is 1. The largest absolute Gasteiger partial charge is 0.493 e. The maximum absolute atomic E-state index is 14.3. The van der Waals surface area contributed by atoms with Crippen LogP contribution in [0.5, 0.6) is 5.75 Å². The highest BCUT2D eigenvalue weighted by Gasteiger charge is 2.29. The number of rotatable bonds is 12. The van der Waals surface area contributed by atoms with Gasteiger partial charge >= 0.3 is 5.97 Å². The molecule has 50 heavy (non-hydrogen) atoms. The van der Waals surface area contributed by atoms with E-state index in [1.54, 1.807) is 52.2 Å². The number of hydrogen-bond acceptors (Lipinski definition) is 8. The van der Waals surface area contributed by atoms with Crippen LogP contribution in [0.1, 0.15) is 54.8 Å². The number of nitrogens with zero attached hydrogens (tertiary/aromatic N) is 5. The molecule has 0 fully saturated rings. The summed E-state index contributed by atoms with van der Waals surface area (Å²) in [5.41, 5.74) is 4.52. The van der Waals surface area contributed by atoms with E-state index in [2.05, 4.69) is 10.2 Å². The molecule has 4 heterocycles. The molecular formula is C36H31ClFN5O6S. The first kappa shape index (κ1) is 33.5. The first-order chi connectivity index (χ1) is 24.2. The molecule has 0 bridgehead atoms. The van der Waals surface area contributed by atoms with Crippen LogP contribution in [-0.4, -0.2) is 61.0 Å². The van der Waals surface area contributed by atoms with Crippen LogP contribution in [0.25, 0.3) is 32.8 Å². The van der Waals surface area contributed by atoms with Crippen LogP contribution in [0.2, 0.25) is 5.02 Å². The predicted octanol–water partition coefficient (Wildman–Crippen LogP) is 7.11. The monoisotopic (exact) mass is 715 g/mol. The van der Waals surface area contributed by atoms with Gasteiger partial charge in [-0.15, -0.1) is 11.8 Å². The van der Waals surface area contributed by atoms with Crippen molar-refractivity contribution in [2.24, 2.45) is 7.05 Å². The van der Waals surface area contributed by atoms with E-state index in [4.69, 9.17) is 21.1 Å². The molecule has 1 N–H and O–H groups in total. The minimum atomic E-state index is -1.09. The van der Waals surface area contributed by atoms with Crippen molar-refractivity contribution in [1.82, 2.24) is 24.1 Å². The molecule has 14 heteroatoms. The van der Waals surface area contributed by atoms with Gasteiger partial charge in [0.25, 0.3) is 0 Å². The Morgan fingerprint density at radius 3 is 2.72 bits per heavy atom. The zero-order valence-corrected chi connectivity index (χ0v) is 28.7. The molecule has 0 atom stereocenters. The van der Waals surface area contributed by atoms with Gasteiger partial charge in [0.1, 0.15) is 28.6 Å². The second-order valence-electron chi connectivity index (χ2n) is 11.9. The Morgan fingerprint density at radius 1 is 1.12 bits per heavy atom. The maximum atomic E-state index is 14.3. The summed E-state index contributed by atoms with van der Waals surface area (Å²) in [6.07, 6.45) is 1.84. The van der Waals surface area contributed by atoms with Crippen molar-refractivity contribution in [2.75, 3.05) is 13.2 Å². The third kappa shape index (κ3) is 6.05. The number of thioether (sulfide) groups is 1. The Hall–Kier alpha value is -4.98. The normalized spacial score (nSPS) is 12.8. The molecule has 0 amide bonds. The summed E-state index contributed by atoms with van der Waals surface area (Å²) in [6.45, 7) is 3.50. The summed E-state index contributed by atoms with van der Waals surface area (Å²) < 4.78 is 31.4. The van der Waals surface area contributed by atoms with E-state index in [1.807, 2.05) is 12.1 Å². The molecular weight excluding hydrogens is 685 g/mol. The smallest absolute Gasteiger partial charge is 0.352 e. The standard InChI is InChI=1S/C36H31ClFN5O6S/c1-20-32-29(7-6-27(37)33(32)34-28(17-45)40-43-9-11-48-18-30(34)43)42(35(20)36(46)47)8-3-10-49-31-15-25(13-21-12-22(38)4-5-26(21)31)50-19-24-14-23(16-44)39-41(24)2/h4-7,12-17H,3,8-11,18-19H2,1-2H3,(H,46,47). The fourth-order valence-corrected chi connectivity index (χ4v) is 7.89. The lowest BCUT2D eigenvalue weighted by atomic mass is 9.96. The maximum Gasteiger partial charge on any atom is 0.352 e. The molecule has 0 unspecified atom stereocenters. The van der Waals surface area contributed by atoms with Crippen LogP contribution in [0.4, 0.5) is 4.39 Å². The van der Waals surface area contributed by atoms with Crippen molar-refractivity contribution >= 4 is 63.6 Å². The molecule has 1 aliphatic heterocycles. The summed E-state index contributed by atoms with van der Waals surface area (Å²) in [5, 5.41) is 21.4. The van der Waals surface area contributed by atoms with Gasteiger partial charge in [0.05, 0.1) is 32.1 Å². The van der Waals surface area contributed by atoms with Gasteiger partial charge < -0.3 is 19.1 Å². The third-order valence-corrected chi connectivity index (χ3v) is 10.2. The fourth-order valence-electron chi connectivity index (χ4n) is 6.66. The van der Waals surface area contributed by atoms with Gasteiger partial charge in [0.15, 0.2) is 12.6 Å². The molecule has 7 rings (SSSR count). The third-order valence-electron chi connectivity index (χ3n) is 8.90. The van der Waals surface area contributed by atoms with Crippen LogP contribution >= 0.6 is 23.4 Å². The fraction of sp³-hybridized carbons (Fsp3) is 0.250. The van der Waals surface area contributed by atoms with Gasteiger partial charge in [-0.25, -0.2) is 9.18 Å². The average molecular weight is 716 g/mol. The molecule has 0 spiro atoms. The topological polar surface area (TPSA) is 130 Å². The van der Waals surface area contributed by atoms with Crippen molar-refractivity contribution in [2.45, 2.75) is 43.7 Å². The molecule has 0 radical (unpaired) electrons. The summed E-state index contributed by atoms with van der Waals surface area (Å²) in [6, 6.07) is 13.5. The Morgan fingerprint density at radius 2 is 1.96 bits per heavy atom. The van der Waals surface area contributed by atoms with Crippen LogP contribution in [-0.2, 0) is 37.2 Å². The second kappa shape index (κ2) is 13.7. The van der Waals surface area contributed by atoms with Crippen LogP contribution in [0.3, 0.4) is 0 Å². The highest BCUT2D eigenvalue weighted by Crippen LogP contribution is 2.43. The number of carboxylic acid groups (broad SMARTS) is 1. The number of aryl methyl sites for hydroxylation is 3. The molecule has 1 aliphatic rings. The molecule has 3 aromatic carbocycles. The van der Waals surface area contributed by atoms with Crippen molar-refractivity contribution in [1.29, 1.82) is 0 Å². The van der Waals surface area contributed by atoms with Crippen molar-refractivity contribution in [3.8, 4) is 16.9 Å². The summed E-state index contributed by atoms with van der Waals surface area (Å²) in [7, 11) is 1.77. The molecule has 0 aliphatic carbocycles. The molecule has 256 valence electrons. The van der Waals surface area contributed by atoms with Gasteiger partial charge in [-0.3, -0.25) is 19.0 Å². The van der Waals surface area contributed by atoms with Crippen LogP contribution < -0.4 is 4.74 Å². The number of carboxylic acids is 1. The number of carbonyl (C=O) groups excluding carboxylic acids is 2. The highest BCUT2D eigenvalue weighted by atomic mass is 35.5. The van der Waals surface area contributed by atoms with Crippen molar-refractivity contribution in [3.63, 3.8) is 0 Å². The van der Waals surface area contributed by atoms with Crippen molar-refractivity contribution < 1.29 is 33.4 Å². The van der Waals surface area contributed by atoms with E-state index in [-0.39, 0.29) is 30.4 Å². The molecule has 3 aromatic heterocycles. The lowest BCUT2D eigenvalue weighted by Gasteiger charge is -2.17. The minimum Gasteiger partial charge on any atom is -0.493 e. The number of halogens is 2. The quantitative estimate of drug-likeness (QED) is 0.0801. The number of aromatic nitrogens is 5. The number of aldehydes is 2. The van der Waals surface area contributed by atoms with E-state index in [1.165, 1.54) is 23.9 Å². The molecule has 6 aromatic rings. The van der Waals surface area contributed by atoms with Gasteiger partial charge in [0.2, 0.25) is 0 Å². The van der Waals surface area contributed by atoms with Gasteiger partial charge in [-0.05, 0) is 72.8 Å². The number of ether oxygens (including phenoxy) is 2. The van der Waals surface area contributed by atoms with E-state index in [9.17, 15) is 23.9 Å². The number of carbonyl (C=O) groups is 3. The van der Waals surface area contributed by atoms with Crippen LogP contribution in [0.15, 0.2) is 53.4 Å². The van der Waals surface area contributed by atoms with E-state index < -0.39 is 5.97 Å². The first-order valence-corrected chi connectivity index (χ1v) is 17.2. The number of benzene rings is 3. The van der Waals surface area contributed by atoms with Gasteiger partial charge in [0, 0.05) is 62.4 Å². The van der Waals surface area contributed by atoms with E-state index >= 15 is 0 Å². The van der Waals surface area contributed by atoms with Crippen molar-refractivity contribution in [3.05, 3.63) is 93.4 Å². The Balaban J connectivity index is 1.18. The first-order valence-electron chi connectivity index (χ1n) is 15.8. The van der Waals surface area contributed by atoms with Crippen LogP contribution in [0, 0.1) is 12.7 Å². The number of hydrogen-bond donors (Lipinski definition) is 1. The Labute approximate surface area is 294 Å². The van der Waals surface area contributed by atoms with Gasteiger partial charge in [-0.1, -0.05) is 11.6 Å². The summed E-state index contributed by atoms with van der Waals surface area (Å²) >= 11 is 8.31. The molecule has 0 saturated heterocycles. The lowest BCUT2D eigenvalue weighted by Crippen LogP contribution is -2.17. The average Bonchev–Trinajstić information content (AvgIpc) is 3.75. The Bertz CT molecular complexity index is 2330. The van der Waals surface area contributed by atoms with E-state index in [0.717, 1.165) is 16.0 Å². The predicted molar refractivity (Wildman–Crippen MR) is 187 cm³/mol. The highest BCUT2D eigenvalue weighted by molar-refractivity contribution is 7.98. The second-order valence-corrected chi connectivity index (χ2v) is 13.4. The zero-order chi connectivity index (χ0) is 35.1. The van der Waals surface area contributed by atoms with E-state index in [0.29, 0.717) is 99.6 Å². The molecule has 0 saturated carbocycles. The van der Waals surface area contributed by atoms with Gasteiger partial charge in [-0.2, -0.15) is 10.2 Å².